The Morgan fingerprint density at radius 3 is 2.50 bits per heavy atom. The minimum Gasteiger partial charge on any atom is -0.354 e. The Hall–Kier alpha value is -1.30. The van der Waals surface area contributed by atoms with E-state index in [1.807, 2.05) is 19.0 Å². The zero-order valence-corrected chi connectivity index (χ0v) is 12.9. The number of benzene rings is 1. The Labute approximate surface area is 128 Å². The van der Waals surface area contributed by atoms with Crippen LogP contribution >= 0.6 is 23.2 Å². The van der Waals surface area contributed by atoms with Gasteiger partial charge in [0.2, 0.25) is 11.8 Å². The van der Waals surface area contributed by atoms with Gasteiger partial charge < -0.3 is 15.5 Å². The topological polar surface area (TPSA) is 61.4 Å². The third kappa shape index (κ3) is 6.23. The van der Waals surface area contributed by atoms with Gasteiger partial charge in [0.1, 0.15) is 6.42 Å². The van der Waals surface area contributed by atoms with E-state index in [2.05, 4.69) is 10.6 Å². The summed E-state index contributed by atoms with van der Waals surface area (Å²) in [7, 11) is 3.81. The quantitative estimate of drug-likeness (QED) is 0.789. The van der Waals surface area contributed by atoms with Gasteiger partial charge in [0.05, 0.1) is 10.7 Å². The van der Waals surface area contributed by atoms with Crippen LogP contribution in [0.5, 0.6) is 0 Å². The molecule has 0 heterocycles. The minimum absolute atomic E-state index is 0.244. The van der Waals surface area contributed by atoms with Crippen LogP contribution in [0.1, 0.15) is 6.42 Å². The monoisotopic (exact) mass is 317 g/mol. The second-order valence-corrected chi connectivity index (χ2v) is 5.35. The normalized spacial score (nSPS) is 10.4. The van der Waals surface area contributed by atoms with Crippen molar-refractivity contribution in [2.45, 2.75) is 6.42 Å². The largest absolute Gasteiger partial charge is 0.354 e. The van der Waals surface area contributed by atoms with E-state index in [1.54, 1.807) is 12.1 Å². The van der Waals surface area contributed by atoms with Crippen LogP contribution in [0, 0.1) is 0 Å². The summed E-state index contributed by atoms with van der Waals surface area (Å²) in [6.45, 7) is 1.22. The number of carbonyl (C=O) groups excluding carboxylic acids is 2. The third-order valence-electron chi connectivity index (χ3n) is 2.41. The van der Waals surface area contributed by atoms with Gasteiger partial charge >= 0.3 is 0 Å². The molecule has 0 aliphatic heterocycles. The van der Waals surface area contributed by atoms with Gasteiger partial charge in [-0.15, -0.1) is 0 Å². The minimum atomic E-state index is -0.420. The van der Waals surface area contributed by atoms with E-state index in [0.29, 0.717) is 22.3 Å². The summed E-state index contributed by atoms with van der Waals surface area (Å²) in [4.78, 5) is 25.1. The van der Waals surface area contributed by atoms with Crippen LogP contribution in [0.3, 0.4) is 0 Å². The molecule has 0 radical (unpaired) electrons. The zero-order chi connectivity index (χ0) is 15.1. The molecule has 0 fully saturated rings. The summed E-state index contributed by atoms with van der Waals surface area (Å²) < 4.78 is 0. The van der Waals surface area contributed by atoms with E-state index >= 15 is 0 Å². The van der Waals surface area contributed by atoms with Crippen LogP contribution in [-0.4, -0.2) is 43.9 Å². The lowest BCUT2D eigenvalue weighted by molar-refractivity contribution is -0.126. The van der Waals surface area contributed by atoms with Crippen LogP contribution in [0.25, 0.3) is 0 Å². The van der Waals surface area contributed by atoms with Gasteiger partial charge in [0.25, 0.3) is 0 Å². The van der Waals surface area contributed by atoms with Crippen LogP contribution < -0.4 is 10.6 Å². The van der Waals surface area contributed by atoms with E-state index in [-0.39, 0.29) is 12.3 Å². The van der Waals surface area contributed by atoms with Gasteiger partial charge in [-0.2, -0.15) is 0 Å². The molecule has 0 unspecified atom stereocenters. The first-order valence-electron chi connectivity index (χ1n) is 6.05. The summed E-state index contributed by atoms with van der Waals surface area (Å²) in [5, 5.41) is 6.04. The fourth-order valence-corrected chi connectivity index (χ4v) is 1.87. The molecule has 1 aromatic rings. The maximum Gasteiger partial charge on any atom is 0.233 e. The molecule has 2 amide bonds. The van der Waals surface area contributed by atoms with E-state index < -0.39 is 5.91 Å². The highest BCUT2D eigenvalue weighted by Gasteiger charge is 2.11. The van der Waals surface area contributed by atoms with Crippen molar-refractivity contribution in [3.8, 4) is 0 Å². The number of amides is 2. The van der Waals surface area contributed by atoms with E-state index in [9.17, 15) is 9.59 Å². The maximum absolute atomic E-state index is 11.7. The van der Waals surface area contributed by atoms with Crippen molar-refractivity contribution in [2.75, 3.05) is 32.5 Å². The van der Waals surface area contributed by atoms with Gasteiger partial charge in [0.15, 0.2) is 0 Å². The van der Waals surface area contributed by atoms with Crippen LogP contribution in [0.4, 0.5) is 5.69 Å². The Morgan fingerprint density at radius 2 is 1.90 bits per heavy atom. The molecule has 1 rings (SSSR count). The summed E-state index contributed by atoms with van der Waals surface area (Å²) in [6, 6.07) is 4.72. The van der Waals surface area contributed by atoms with Gasteiger partial charge in [0, 0.05) is 18.1 Å². The molecule has 7 heteroatoms. The van der Waals surface area contributed by atoms with Crippen LogP contribution in [-0.2, 0) is 9.59 Å². The molecular formula is C13H17Cl2N3O2. The Kier molecular flexibility index (Phi) is 6.78. The molecule has 20 heavy (non-hydrogen) atoms. The third-order valence-corrected chi connectivity index (χ3v) is 2.96. The highest BCUT2D eigenvalue weighted by atomic mass is 35.5. The predicted molar refractivity (Wildman–Crippen MR) is 81.3 cm³/mol. The first kappa shape index (κ1) is 16.8. The highest BCUT2D eigenvalue weighted by molar-refractivity contribution is 6.36. The molecule has 2 N–H and O–H groups in total. The second-order valence-electron chi connectivity index (χ2n) is 4.50. The number of halogens is 2. The number of likely N-dealkylation sites (N-methyl/N-ethyl adjacent to an activating group) is 1. The smallest absolute Gasteiger partial charge is 0.233 e. The Bertz CT molecular complexity index is 493. The van der Waals surface area contributed by atoms with Crippen molar-refractivity contribution in [3.63, 3.8) is 0 Å². The lowest BCUT2D eigenvalue weighted by Gasteiger charge is -2.11. The number of hydrogen-bond donors (Lipinski definition) is 2. The Morgan fingerprint density at radius 1 is 1.20 bits per heavy atom. The number of anilines is 1. The summed E-state index contributed by atoms with van der Waals surface area (Å²) in [5.74, 6) is -0.744. The molecule has 0 aromatic heterocycles. The number of rotatable bonds is 6. The van der Waals surface area contributed by atoms with Crippen molar-refractivity contribution in [1.29, 1.82) is 0 Å². The number of carbonyl (C=O) groups is 2. The molecule has 0 atom stereocenters. The fourth-order valence-electron chi connectivity index (χ4n) is 1.41. The first-order valence-corrected chi connectivity index (χ1v) is 6.80. The summed E-state index contributed by atoms with van der Waals surface area (Å²) in [6.07, 6.45) is -0.244. The predicted octanol–water partition coefficient (Wildman–Crippen LogP) is 2.00. The van der Waals surface area contributed by atoms with Crippen molar-refractivity contribution >= 4 is 40.7 Å². The SMILES string of the molecule is CN(C)CCNC(=O)CC(=O)Nc1ccc(Cl)cc1Cl. The molecule has 0 aliphatic carbocycles. The molecule has 110 valence electrons. The lowest BCUT2D eigenvalue weighted by Crippen LogP contribution is -2.33. The number of hydrogen-bond acceptors (Lipinski definition) is 3. The molecule has 0 saturated heterocycles. The first-order chi connectivity index (χ1) is 9.38. The zero-order valence-electron chi connectivity index (χ0n) is 11.4. The Balaban J connectivity index is 2.41. The molecule has 0 aliphatic rings. The van der Waals surface area contributed by atoms with Gasteiger partial charge in [-0.3, -0.25) is 9.59 Å². The number of nitrogens with one attached hydrogen (secondary N) is 2. The highest BCUT2D eigenvalue weighted by Crippen LogP contribution is 2.25. The van der Waals surface area contributed by atoms with Crippen molar-refractivity contribution in [3.05, 3.63) is 28.2 Å². The van der Waals surface area contributed by atoms with Crippen molar-refractivity contribution in [2.24, 2.45) is 0 Å². The van der Waals surface area contributed by atoms with Gasteiger partial charge in [-0.05, 0) is 32.3 Å². The molecule has 0 saturated carbocycles. The average Bonchev–Trinajstić information content (AvgIpc) is 2.32. The van der Waals surface area contributed by atoms with E-state index in [0.717, 1.165) is 6.54 Å². The lowest BCUT2D eigenvalue weighted by atomic mass is 10.3. The molecular weight excluding hydrogens is 301 g/mol. The standard InChI is InChI=1S/C13H17Cl2N3O2/c1-18(2)6-5-16-12(19)8-13(20)17-11-4-3-9(14)7-10(11)15/h3-4,7H,5-6,8H2,1-2H3,(H,16,19)(H,17,20). The van der Waals surface area contributed by atoms with E-state index in [4.69, 9.17) is 23.2 Å². The van der Waals surface area contributed by atoms with Crippen molar-refractivity contribution in [1.82, 2.24) is 10.2 Å². The molecule has 0 spiro atoms. The summed E-state index contributed by atoms with van der Waals surface area (Å²) in [5.41, 5.74) is 0.433. The number of nitrogens with zero attached hydrogens (tertiary/aromatic N) is 1. The molecule has 0 bridgehead atoms. The fraction of sp³-hybridized carbons (Fsp3) is 0.385. The van der Waals surface area contributed by atoms with Gasteiger partial charge in [-0.1, -0.05) is 23.2 Å². The van der Waals surface area contributed by atoms with Gasteiger partial charge in [-0.25, -0.2) is 0 Å². The van der Waals surface area contributed by atoms with Crippen LogP contribution in [0.2, 0.25) is 10.0 Å². The molecule has 5 nitrogen and oxygen atoms in total. The van der Waals surface area contributed by atoms with Crippen LogP contribution in [0.15, 0.2) is 18.2 Å². The summed E-state index contributed by atoms with van der Waals surface area (Å²) >= 11 is 11.7. The van der Waals surface area contributed by atoms with Crippen molar-refractivity contribution < 1.29 is 9.59 Å². The maximum atomic E-state index is 11.7. The molecule has 1 aromatic carbocycles. The van der Waals surface area contributed by atoms with E-state index in [1.165, 1.54) is 6.07 Å². The average molecular weight is 318 g/mol. The second kappa shape index (κ2) is 8.09.